The summed E-state index contributed by atoms with van der Waals surface area (Å²) in [6.07, 6.45) is 6.75. The van der Waals surface area contributed by atoms with Crippen LogP contribution < -0.4 is 4.90 Å². The smallest absolute Gasteiger partial charge is 0.186 e. The van der Waals surface area contributed by atoms with Crippen LogP contribution in [0, 0.1) is 0 Å². The van der Waals surface area contributed by atoms with E-state index >= 15 is 0 Å². The number of hydrogen-bond donors (Lipinski definition) is 0. The van der Waals surface area contributed by atoms with Crippen LogP contribution in [-0.2, 0) is 13.0 Å². The minimum atomic E-state index is 0.921. The van der Waals surface area contributed by atoms with Crippen molar-refractivity contribution in [1.29, 1.82) is 0 Å². The molecule has 0 amide bonds. The Labute approximate surface area is 168 Å². The van der Waals surface area contributed by atoms with Crippen molar-refractivity contribution in [2.75, 3.05) is 11.4 Å². The molecule has 0 N–H and O–H groups in total. The van der Waals surface area contributed by atoms with Gasteiger partial charge in [-0.05, 0) is 46.9 Å². The summed E-state index contributed by atoms with van der Waals surface area (Å²) in [5.74, 6) is 0. The molecule has 4 nitrogen and oxygen atoms in total. The summed E-state index contributed by atoms with van der Waals surface area (Å²) >= 11 is 1.71. The Kier molecular flexibility index (Phi) is 4.29. The molecule has 0 radical (unpaired) electrons. The average molecular weight is 385 g/mol. The lowest BCUT2D eigenvalue weighted by atomic mass is 10.0. The SMILES string of the molecule is C=C(c1cccc(-n2cccn2)c1)c1cnc(N2CCc3ccccc3C2)s1. The molecule has 2 aromatic heterocycles. The number of aromatic nitrogens is 3. The topological polar surface area (TPSA) is 34.0 Å². The Balaban J connectivity index is 1.38. The minimum absolute atomic E-state index is 0.921. The lowest BCUT2D eigenvalue weighted by Crippen LogP contribution is -2.30. The number of nitrogens with zero attached hydrogens (tertiary/aromatic N) is 4. The van der Waals surface area contributed by atoms with Crippen LogP contribution in [0.25, 0.3) is 11.3 Å². The van der Waals surface area contributed by atoms with Gasteiger partial charge in [-0.2, -0.15) is 5.10 Å². The molecule has 0 atom stereocenters. The van der Waals surface area contributed by atoms with Crippen molar-refractivity contribution in [3.63, 3.8) is 0 Å². The highest BCUT2D eigenvalue weighted by atomic mass is 32.1. The number of hydrogen-bond acceptors (Lipinski definition) is 4. The van der Waals surface area contributed by atoms with Gasteiger partial charge in [0.2, 0.25) is 0 Å². The summed E-state index contributed by atoms with van der Waals surface area (Å²) in [6, 6.07) is 18.9. The molecule has 0 bridgehead atoms. The first-order valence-electron chi connectivity index (χ1n) is 9.35. The zero-order chi connectivity index (χ0) is 18.9. The molecule has 0 saturated carbocycles. The first-order chi connectivity index (χ1) is 13.8. The van der Waals surface area contributed by atoms with Crippen molar-refractivity contribution in [3.8, 4) is 5.69 Å². The Morgan fingerprint density at radius 3 is 2.79 bits per heavy atom. The molecule has 0 spiro atoms. The highest BCUT2D eigenvalue weighted by Crippen LogP contribution is 2.33. The van der Waals surface area contributed by atoms with Gasteiger partial charge in [0.25, 0.3) is 0 Å². The highest BCUT2D eigenvalue weighted by Gasteiger charge is 2.19. The largest absolute Gasteiger partial charge is 0.343 e. The lowest BCUT2D eigenvalue weighted by molar-refractivity contribution is 0.729. The van der Waals surface area contributed by atoms with E-state index in [-0.39, 0.29) is 0 Å². The van der Waals surface area contributed by atoms with Crippen LogP contribution in [0.5, 0.6) is 0 Å². The molecule has 28 heavy (non-hydrogen) atoms. The summed E-state index contributed by atoms with van der Waals surface area (Å²) in [4.78, 5) is 8.17. The maximum Gasteiger partial charge on any atom is 0.186 e. The molecule has 0 unspecified atom stereocenters. The molecule has 0 aliphatic carbocycles. The van der Waals surface area contributed by atoms with Gasteiger partial charge < -0.3 is 4.90 Å². The van der Waals surface area contributed by atoms with E-state index in [1.165, 1.54) is 11.1 Å². The summed E-state index contributed by atoms with van der Waals surface area (Å²) < 4.78 is 1.86. The van der Waals surface area contributed by atoms with E-state index in [0.717, 1.165) is 46.3 Å². The predicted molar refractivity (Wildman–Crippen MR) is 115 cm³/mol. The van der Waals surface area contributed by atoms with Gasteiger partial charge in [0.15, 0.2) is 5.13 Å². The maximum absolute atomic E-state index is 4.70. The van der Waals surface area contributed by atoms with E-state index in [1.54, 1.807) is 17.5 Å². The van der Waals surface area contributed by atoms with Crippen LogP contribution in [0.4, 0.5) is 5.13 Å². The first kappa shape index (κ1) is 17.0. The second-order valence-corrected chi connectivity index (χ2v) is 7.94. The standard InChI is InChI=1S/C23H20N4S/c1-17(19-8-4-9-21(14-19)27-12-5-11-25-27)22-15-24-23(28-22)26-13-10-18-6-2-3-7-20(18)16-26/h2-9,11-12,14-15H,1,10,13,16H2. The van der Waals surface area contributed by atoms with Gasteiger partial charge in [-0.25, -0.2) is 9.67 Å². The Morgan fingerprint density at radius 2 is 1.93 bits per heavy atom. The third kappa shape index (κ3) is 3.14. The quantitative estimate of drug-likeness (QED) is 0.499. The number of fused-ring (bicyclic) bond motifs is 1. The van der Waals surface area contributed by atoms with E-state index in [9.17, 15) is 0 Å². The van der Waals surface area contributed by atoms with Crippen LogP contribution in [0.1, 0.15) is 21.6 Å². The van der Waals surface area contributed by atoms with Gasteiger partial charge in [0.05, 0.1) is 10.6 Å². The Morgan fingerprint density at radius 1 is 1.04 bits per heavy atom. The molecule has 1 aliphatic rings. The monoisotopic (exact) mass is 384 g/mol. The third-order valence-electron chi connectivity index (χ3n) is 5.16. The number of rotatable bonds is 4. The third-order valence-corrected chi connectivity index (χ3v) is 6.27. The Bertz CT molecular complexity index is 1130. The fraction of sp³-hybridized carbons (Fsp3) is 0.130. The zero-order valence-electron chi connectivity index (χ0n) is 15.5. The highest BCUT2D eigenvalue weighted by molar-refractivity contribution is 7.16. The average Bonchev–Trinajstić information content (AvgIpc) is 3.45. The van der Waals surface area contributed by atoms with Crippen molar-refractivity contribution in [2.24, 2.45) is 0 Å². The summed E-state index contributed by atoms with van der Waals surface area (Å²) in [5, 5.41) is 5.38. The molecule has 4 aromatic rings. The van der Waals surface area contributed by atoms with E-state index in [0.29, 0.717) is 0 Å². The van der Waals surface area contributed by atoms with Gasteiger partial charge in [-0.3, -0.25) is 0 Å². The fourth-order valence-corrected chi connectivity index (χ4v) is 4.54. The van der Waals surface area contributed by atoms with Gasteiger partial charge >= 0.3 is 0 Å². The molecule has 0 saturated heterocycles. The molecule has 3 heterocycles. The van der Waals surface area contributed by atoms with Crippen molar-refractivity contribution >= 4 is 22.0 Å². The van der Waals surface area contributed by atoms with Crippen LogP contribution in [0.3, 0.4) is 0 Å². The summed E-state index contributed by atoms with van der Waals surface area (Å²) in [5.41, 5.74) is 5.97. The number of benzene rings is 2. The molecule has 0 fully saturated rings. The van der Waals surface area contributed by atoms with Gasteiger partial charge in [0, 0.05) is 31.7 Å². The van der Waals surface area contributed by atoms with Crippen LogP contribution >= 0.6 is 11.3 Å². The zero-order valence-corrected chi connectivity index (χ0v) is 16.3. The second kappa shape index (κ2) is 7.09. The van der Waals surface area contributed by atoms with Crippen molar-refractivity contribution in [2.45, 2.75) is 13.0 Å². The van der Waals surface area contributed by atoms with Crippen molar-refractivity contribution in [1.82, 2.24) is 14.8 Å². The lowest BCUT2D eigenvalue weighted by Gasteiger charge is -2.28. The van der Waals surface area contributed by atoms with E-state index < -0.39 is 0 Å². The molecular weight excluding hydrogens is 364 g/mol. The molecule has 2 aromatic carbocycles. The first-order valence-corrected chi connectivity index (χ1v) is 10.2. The number of anilines is 1. The van der Waals surface area contributed by atoms with Crippen LogP contribution in [0.15, 0.2) is 79.8 Å². The van der Waals surface area contributed by atoms with E-state index in [1.807, 2.05) is 35.3 Å². The van der Waals surface area contributed by atoms with Crippen LogP contribution in [-0.4, -0.2) is 21.3 Å². The molecule has 5 rings (SSSR count). The second-order valence-electron chi connectivity index (χ2n) is 6.93. The fourth-order valence-electron chi connectivity index (χ4n) is 3.61. The van der Waals surface area contributed by atoms with E-state index in [4.69, 9.17) is 4.98 Å². The van der Waals surface area contributed by atoms with Gasteiger partial charge in [0.1, 0.15) is 0 Å². The summed E-state index contributed by atoms with van der Waals surface area (Å²) in [7, 11) is 0. The maximum atomic E-state index is 4.70. The summed E-state index contributed by atoms with van der Waals surface area (Å²) in [6.45, 7) is 6.26. The van der Waals surface area contributed by atoms with Crippen molar-refractivity contribution in [3.05, 3.63) is 101 Å². The molecule has 1 aliphatic heterocycles. The van der Waals surface area contributed by atoms with E-state index in [2.05, 4.69) is 53.0 Å². The predicted octanol–water partition coefficient (Wildman–Crippen LogP) is 4.95. The Hall–Kier alpha value is -3.18. The molecular formula is C23H20N4S. The molecule has 138 valence electrons. The van der Waals surface area contributed by atoms with Crippen molar-refractivity contribution < 1.29 is 0 Å². The molecule has 5 heteroatoms. The normalized spacial score (nSPS) is 13.4. The van der Waals surface area contributed by atoms with Gasteiger partial charge in [-0.15, -0.1) is 0 Å². The van der Waals surface area contributed by atoms with Gasteiger partial charge in [-0.1, -0.05) is 54.3 Å². The number of thiazole rings is 1. The minimum Gasteiger partial charge on any atom is -0.343 e. The van der Waals surface area contributed by atoms with Crippen LogP contribution in [0.2, 0.25) is 0 Å².